The number of hydrogen-bond acceptors (Lipinski definition) is 1. The van der Waals surface area contributed by atoms with E-state index in [2.05, 4.69) is 19.6 Å². The molecule has 1 nitrogen and oxygen atoms in total. The highest BCUT2D eigenvalue weighted by Crippen LogP contribution is 2.60. The highest BCUT2D eigenvalue weighted by atomic mass is 28.3. The van der Waals surface area contributed by atoms with Gasteiger partial charge in [0.1, 0.15) is 5.78 Å². The van der Waals surface area contributed by atoms with Crippen LogP contribution in [0.15, 0.2) is 0 Å². The lowest BCUT2D eigenvalue weighted by atomic mass is 9.55. The predicted octanol–water partition coefficient (Wildman–Crippen LogP) is 3.33. The van der Waals surface area contributed by atoms with Gasteiger partial charge in [-0.25, -0.2) is 0 Å². The zero-order valence-corrected chi connectivity index (χ0v) is 11.1. The molecule has 4 bridgehead atoms. The first kappa shape index (κ1) is 10.1. The molecule has 0 aliphatic heterocycles. The molecule has 0 amide bonds. The molecule has 4 aliphatic carbocycles. The molecule has 15 heavy (non-hydrogen) atoms. The standard InChI is InChI=1S/C13H22OSi/c1-15(2,3)13-10-5-8-4-9(7-10)12(14)11(13)6-8/h8-11,13H,4-7H2,1-3H3/t8?,9?,10?,11?,13-/m0/s1. The molecule has 2 heteroatoms. The van der Waals surface area contributed by atoms with Gasteiger partial charge in [-0.1, -0.05) is 19.6 Å². The Hall–Kier alpha value is -0.113. The lowest BCUT2D eigenvalue weighted by Gasteiger charge is -2.56. The molecular formula is C13H22OSi. The SMILES string of the molecule is C[Si](C)(C)[C@H]1C2CC3CC(C2)C(=O)C1C3. The lowest BCUT2D eigenvalue weighted by Crippen LogP contribution is -2.54. The van der Waals surface area contributed by atoms with E-state index < -0.39 is 8.07 Å². The maximum absolute atomic E-state index is 12.3. The average molecular weight is 222 g/mol. The molecule has 4 saturated carbocycles. The predicted molar refractivity (Wildman–Crippen MR) is 64.5 cm³/mol. The first-order chi connectivity index (χ1) is 6.97. The average Bonchev–Trinajstić information content (AvgIpc) is 2.10. The van der Waals surface area contributed by atoms with Crippen LogP contribution in [0.2, 0.25) is 25.2 Å². The van der Waals surface area contributed by atoms with Crippen molar-refractivity contribution in [2.24, 2.45) is 23.7 Å². The highest BCUT2D eigenvalue weighted by Gasteiger charge is 2.56. The summed E-state index contributed by atoms with van der Waals surface area (Å²) in [5.41, 5.74) is 0.817. The minimum atomic E-state index is -1.12. The van der Waals surface area contributed by atoms with E-state index in [1.807, 2.05) is 0 Å². The van der Waals surface area contributed by atoms with Crippen molar-refractivity contribution in [2.75, 3.05) is 0 Å². The molecule has 0 spiro atoms. The van der Waals surface area contributed by atoms with Crippen molar-refractivity contribution in [3.05, 3.63) is 0 Å². The van der Waals surface area contributed by atoms with Crippen LogP contribution in [0, 0.1) is 23.7 Å². The maximum Gasteiger partial charge on any atom is 0.139 e. The van der Waals surface area contributed by atoms with E-state index in [1.54, 1.807) is 0 Å². The largest absolute Gasteiger partial charge is 0.299 e. The molecule has 4 aliphatic rings. The third-order valence-corrected chi connectivity index (χ3v) is 8.01. The van der Waals surface area contributed by atoms with Gasteiger partial charge in [-0.3, -0.25) is 4.79 Å². The van der Waals surface area contributed by atoms with Crippen LogP contribution in [0.5, 0.6) is 0 Å². The Bertz CT molecular complexity index is 304. The van der Waals surface area contributed by atoms with E-state index in [-0.39, 0.29) is 0 Å². The zero-order valence-electron chi connectivity index (χ0n) is 10.1. The topological polar surface area (TPSA) is 17.1 Å². The number of rotatable bonds is 1. The smallest absolute Gasteiger partial charge is 0.139 e. The van der Waals surface area contributed by atoms with Crippen LogP contribution in [-0.4, -0.2) is 13.9 Å². The first-order valence-electron chi connectivity index (χ1n) is 6.50. The Kier molecular flexibility index (Phi) is 1.99. The molecule has 84 valence electrons. The second-order valence-electron chi connectivity index (χ2n) is 7.17. The maximum atomic E-state index is 12.3. The Labute approximate surface area is 93.6 Å². The van der Waals surface area contributed by atoms with E-state index in [9.17, 15) is 4.79 Å². The third kappa shape index (κ3) is 1.37. The van der Waals surface area contributed by atoms with Crippen LogP contribution in [0.1, 0.15) is 25.7 Å². The van der Waals surface area contributed by atoms with Crippen molar-refractivity contribution in [3.8, 4) is 0 Å². The summed E-state index contributed by atoms with van der Waals surface area (Å²) >= 11 is 0. The van der Waals surface area contributed by atoms with E-state index in [1.165, 1.54) is 25.7 Å². The fourth-order valence-electron chi connectivity index (χ4n) is 4.94. The Morgan fingerprint density at radius 2 is 1.80 bits per heavy atom. The van der Waals surface area contributed by atoms with Crippen LogP contribution >= 0.6 is 0 Å². The summed E-state index contributed by atoms with van der Waals surface area (Å²) in [5.74, 6) is 3.49. The Balaban J connectivity index is 1.96. The van der Waals surface area contributed by atoms with Crippen molar-refractivity contribution in [1.29, 1.82) is 0 Å². The molecular weight excluding hydrogens is 200 g/mol. The molecule has 0 aromatic heterocycles. The van der Waals surface area contributed by atoms with Gasteiger partial charge in [0.25, 0.3) is 0 Å². The van der Waals surface area contributed by atoms with E-state index in [0.29, 0.717) is 17.6 Å². The van der Waals surface area contributed by atoms with Gasteiger partial charge < -0.3 is 0 Å². The summed E-state index contributed by atoms with van der Waals surface area (Å²) in [6, 6.07) is 0. The van der Waals surface area contributed by atoms with Gasteiger partial charge in [0.2, 0.25) is 0 Å². The van der Waals surface area contributed by atoms with Crippen molar-refractivity contribution in [3.63, 3.8) is 0 Å². The lowest BCUT2D eigenvalue weighted by molar-refractivity contribution is -0.140. The summed E-state index contributed by atoms with van der Waals surface area (Å²) in [6.45, 7) is 7.40. The summed E-state index contributed by atoms with van der Waals surface area (Å²) in [4.78, 5) is 12.3. The van der Waals surface area contributed by atoms with Gasteiger partial charge in [0.15, 0.2) is 0 Å². The first-order valence-corrected chi connectivity index (χ1v) is 10.1. The van der Waals surface area contributed by atoms with Crippen LogP contribution in [0.4, 0.5) is 0 Å². The van der Waals surface area contributed by atoms with E-state index >= 15 is 0 Å². The van der Waals surface area contributed by atoms with Crippen LogP contribution < -0.4 is 0 Å². The fourth-order valence-corrected chi connectivity index (χ4v) is 8.14. The molecule has 4 rings (SSSR count). The van der Waals surface area contributed by atoms with Gasteiger partial charge in [0, 0.05) is 19.9 Å². The minimum absolute atomic E-state index is 0.486. The molecule has 0 aromatic carbocycles. The minimum Gasteiger partial charge on any atom is -0.299 e. The molecule has 0 aromatic rings. The van der Waals surface area contributed by atoms with Crippen molar-refractivity contribution in [1.82, 2.24) is 0 Å². The number of carbonyl (C=O) groups is 1. The monoisotopic (exact) mass is 222 g/mol. The molecule has 5 atom stereocenters. The van der Waals surface area contributed by atoms with Crippen LogP contribution in [0.25, 0.3) is 0 Å². The molecule has 0 heterocycles. The second kappa shape index (κ2) is 2.97. The molecule has 4 fully saturated rings. The number of ketones is 1. The van der Waals surface area contributed by atoms with Crippen LogP contribution in [-0.2, 0) is 4.79 Å². The Morgan fingerprint density at radius 3 is 2.47 bits per heavy atom. The summed E-state index contributed by atoms with van der Waals surface area (Å²) in [6.07, 6.45) is 5.20. The quantitative estimate of drug-likeness (QED) is 0.622. The number of carbonyl (C=O) groups excluding carboxylic acids is 1. The third-order valence-electron chi connectivity index (χ3n) is 5.14. The highest BCUT2D eigenvalue weighted by molar-refractivity contribution is 6.78. The van der Waals surface area contributed by atoms with Gasteiger partial charge in [-0.15, -0.1) is 0 Å². The number of Topliss-reactive ketones (excluding diaryl/α,β-unsaturated/α-hetero) is 1. The molecule has 0 radical (unpaired) electrons. The van der Waals surface area contributed by atoms with E-state index in [0.717, 1.165) is 17.4 Å². The fraction of sp³-hybridized carbons (Fsp3) is 0.923. The number of hydrogen-bond donors (Lipinski definition) is 0. The molecule has 0 N–H and O–H groups in total. The summed E-state index contributed by atoms with van der Waals surface area (Å²) in [5, 5.41) is 0. The normalized spacial score (nSPS) is 48.7. The van der Waals surface area contributed by atoms with Gasteiger partial charge in [-0.2, -0.15) is 0 Å². The summed E-state index contributed by atoms with van der Waals surface area (Å²) < 4.78 is 0. The van der Waals surface area contributed by atoms with Crippen molar-refractivity contribution in [2.45, 2.75) is 50.9 Å². The van der Waals surface area contributed by atoms with Crippen LogP contribution in [0.3, 0.4) is 0 Å². The molecule has 0 saturated heterocycles. The Morgan fingerprint density at radius 1 is 1.07 bits per heavy atom. The van der Waals surface area contributed by atoms with Gasteiger partial charge in [-0.05, 0) is 43.1 Å². The van der Waals surface area contributed by atoms with Crippen molar-refractivity contribution >= 4 is 13.9 Å². The van der Waals surface area contributed by atoms with Crippen molar-refractivity contribution < 1.29 is 4.79 Å². The van der Waals surface area contributed by atoms with Gasteiger partial charge >= 0.3 is 0 Å². The van der Waals surface area contributed by atoms with Gasteiger partial charge in [0.05, 0.1) is 0 Å². The van der Waals surface area contributed by atoms with E-state index in [4.69, 9.17) is 0 Å². The molecule has 4 unspecified atom stereocenters. The zero-order chi connectivity index (χ0) is 10.8. The second-order valence-corrected chi connectivity index (χ2v) is 12.6. The summed E-state index contributed by atoms with van der Waals surface area (Å²) in [7, 11) is -1.12.